The Morgan fingerprint density at radius 2 is 2.33 bits per heavy atom. The van der Waals surface area contributed by atoms with Crippen LogP contribution in [0.2, 0.25) is 0 Å². The maximum absolute atomic E-state index is 11.8. The van der Waals surface area contributed by atoms with Gasteiger partial charge in [-0.1, -0.05) is 18.0 Å². The molecule has 2 rings (SSSR count). The fraction of sp³-hybridized carbons (Fsp3) is 0.692. The van der Waals surface area contributed by atoms with E-state index in [-0.39, 0.29) is 11.9 Å². The van der Waals surface area contributed by atoms with E-state index in [2.05, 4.69) is 10.5 Å². The fourth-order valence-corrected chi connectivity index (χ4v) is 2.62. The first kappa shape index (κ1) is 13.1. The number of nitrogens with one attached hydrogen (secondary N) is 1. The van der Waals surface area contributed by atoms with Gasteiger partial charge in [-0.25, -0.2) is 0 Å². The first-order chi connectivity index (χ1) is 8.79. The summed E-state index contributed by atoms with van der Waals surface area (Å²) in [6, 6.07) is 1.92. The number of nitrogens with two attached hydrogens (primary N) is 1. The Morgan fingerprint density at radius 1 is 1.56 bits per heavy atom. The first-order valence-electron chi connectivity index (χ1n) is 6.68. The molecule has 1 heterocycles. The van der Waals surface area contributed by atoms with Crippen LogP contribution in [0, 0.1) is 5.92 Å². The zero-order valence-electron chi connectivity index (χ0n) is 10.6. The molecule has 3 N–H and O–H groups in total. The molecular weight excluding hydrogens is 230 g/mol. The van der Waals surface area contributed by atoms with Crippen LogP contribution in [0.5, 0.6) is 0 Å². The van der Waals surface area contributed by atoms with Gasteiger partial charge in [-0.2, -0.15) is 0 Å². The summed E-state index contributed by atoms with van der Waals surface area (Å²) in [5.74, 6) is 0.617. The third-order valence-corrected chi connectivity index (χ3v) is 3.67. The molecule has 1 saturated carbocycles. The van der Waals surface area contributed by atoms with Crippen LogP contribution in [0.4, 0.5) is 0 Å². The number of aryl methyl sites for hydroxylation is 1. The van der Waals surface area contributed by atoms with Crippen molar-refractivity contribution in [1.82, 2.24) is 10.5 Å². The molecule has 18 heavy (non-hydrogen) atoms. The van der Waals surface area contributed by atoms with E-state index in [9.17, 15) is 4.79 Å². The molecule has 1 aliphatic rings. The summed E-state index contributed by atoms with van der Waals surface area (Å²) in [5.41, 5.74) is 6.56. The molecule has 1 aromatic rings. The summed E-state index contributed by atoms with van der Waals surface area (Å²) < 4.78 is 4.73. The fourth-order valence-electron chi connectivity index (χ4n) is 2.62. The van der Waals surface area contributed by atoms with Crippen molar-refractivity contribution >= 4 is 5.91 Å². The van der Waals surface area contributed by atoms with Gasteiger partial charge in [0.25, 0.3) is 0 Å². The molecule has 0 aliphatic heterocycles. The molecule has 0 bridgehead atoms. The summed E-state index contributed by atoms with van der Waals surface area (Å²) in [6.07, 6.45) is 7.47. The molecule has 1 atom stereocenters. The molecule has 0 aromatic carbocycles. The van der Waals surface area contributed by atoms with E-state index in [4.69, 9.17) is 10.3 Å². The van der Waals surface area contributed by atoms with Crippen LogP contribution in [0.15, 0.2) is 16.9 Å². The Morgan fingerprint density at radius 3 is 2.94 bits per heavy atom. The minimum absolute atomic E-state index is 0.0559. The van der Waals surface area contributed by atoms with Crippen molar-refractivity contribution in [3.05, 3.63) is 18.0 Å². The third kappa shape index (κ3) is 3.57. The maximum Gasteiger partial charge on any atom is 0.220 e. The summed E-state index contributed by atoms with van der Waals surface area (Å²) in [7, 11) is 0. The Kier molecular flexibility index (Phi) is 4.75. The van der Waals surface area contributed by atoms with Crippen LogP contribution in [-0.2, 0) is 11.2 Å². The Hall–Kier alpha value is -1.36. The number of nitrogens with zero attached hydrogens (tertiary/aromatic N) is 1. The van der Waals surface area contributed by atoms with Gasteiger partial charge in [0.2, 0.25) is 5.91 Å². The highest BCUT2D eigenvalue weighted by molar-refractivity contribution is 5.76. The highest BCUT2D eigenvalue weighted by atomic mass is 16.5. The molecule has 0 saturated heterocycles. The van der Waals surface area contributed by atoms with Crippen molar-refractivity contribution in [3.8, 4) is 0 Å². The number of hydrogen-bond acceptors (Lipinski definition) is 4. The number of amides is 1. The second kappa shape index (κ2) is 6.54. The molecule has 5 nitrogen and oxygen atoms in total. The zero-order valence-corrected chi connectivity index (χ0v) is 10.6. The van der Waals surface area contributed by atoms with Crippen LogP contribution < -0.4 is 11.1 Å². The average molecular weight is 251 g/mol. The number of rotatable bonds is 6. The van der Waals surface area contributed by atoms with E-state index >= 15 is 0 Å². The molecule has 1 aliphatic carbocycles. The van der Waals surface area contributed by atoms with Crippen LogP contribution in [0.3, 0.4) is 0 Å². The summed E-state index contributed by atoms with van der Waals surface area (Å²) >= 11 is 0. The zero-order chi connectivity index (χ0) is 12.8. The number of hydrogen-bond donors (Lipinski definition) is 2. The number of carbonyl (C=O) groups is 1. The van der Waals surface area contributed by atoms with Crippen LogP contribution in [-0.4, -0.2) is 23.7 Å². The van der Waals surface area contributed by atoms with Crippen molar-refractivity contribution in [1.29, 1.82) is 0 Å². The SMILES string of the molecule is NCC(NC(=O)CCc1ccon1)C1CCCC1. The first-order valence-corrected chi connectivity index (χ1v) is 6.68. The quantitative estimate of drug-likeness (QED) is 0.797. The average Bonchev–Trinajstić information content (AvgIpc) is 3.05. The van der Waals surface area contributed by atoms with E-state index < -0.39 is 0 Å². The van der Waals surface area contributed by atoms with Crippen molar-refractivity contribution < 1.29 is 9.32 Å². The van der Waals surface area contributed by atoms with Gasteiger partial charge in [0.15, 0.2) is 0 Å². The maximum atomic E-state index is 11.8. The van der Waals surface area contributed by atoms with E-state index in [1.54, 1.807) is 6.07 Å². The number of aromatic nitrogens is 1. The van der Waals surface area contributed by atoms with E-state index in [1.807, 2.05) is 0 Å². The van der Waals surface area contributed by atoms with Crippen molar-refractivity contribution in [2.24, 2.45) is 11.7 Å². The summed E-state index contributed by atoms with van der Waals surface area (Å²) in [5, 5.41) is 6.83. The van der Waals surface area contributed by atoms with E-state index in [1.165, 1.54) is 31.9 Å². The molecule has 1 amide bonds. The third-order valence-electron chi connectivity index (χ3n) is 3.67. The lowest BCUT2D eigenvalue weighted by Gasteiger charge is -2.23. The Bertz CT molecular complexity index is 358. The summed E-state index contributed by atoms with van der Waals surface area (Å²) in [6.45, 7) is 0.528. The predicted octanol–water partition coefficient (Wildman–Crippen LogP) is 1.24. The molecule has 5 heteroatoms. The predicted molar refractivity (Wildman–Crippen MR) is 67.8 cm³/mol. The van der Waals surface area contributed by atoms with Gasteiger partial charge < -0.3 is 15.6 Å². The molecule has 0 spiro atoms. The number of carbonyl (C=O) groups excluding carboxylic acids is 1. The smallest absolute Gasteiger partial charge is 0.220 e. The minimum Gasteiger partial charge on any atom is -0.365 e. The van der Waals surface area contributed by atoms with Gasteiger partial charge in [0, 0.05) is 31.5 Å². The highest BCUT2D eigenvalue weighted by Crippen LogP contribution is 2.27. The van der Waals surface area contributed by atoms with Gasteiger partial charge in [0.05, 0.1) is 5.69 Å². The van der Waals surface area contributed by atoms with E-state index in [0.29, 0.717) is 25.3 Å². The lowest BCUT2D eigenvalue weighted by Crippen LogP contribution is -2.44. The van der Waals surface area contributed by atoms with Gasteiger partial charge in [-0.15, -0.1) is 0 Å². The molecule has 1 fully saturated rings. The molecule has 0 radical (unpaired) electrons. The van der Waals surface area contributed by atoms with Crippen LogP contribution in [0.1, 0.15) is 37.8 Å². The van der Waals surface area contributed by atoms with Crippen LogP contribution >= 0.6 is 0 Å². The van der Waals surface area contributed by atoms with Crippen molar-refractivity contribution in [2.75, 3.05) is 6.54 Å². The Labute approximate surface area is 107 Å². The van der Waals surface area contributed by atoms with Gasteiger partial charge in [-0.05, 0) is 18.8 Å². The minimum atomic E-state index is 0.0559. The molecule has 1 aromatic heterocycles. The molecular formula is C13H21N3O2. The van der Waals surface area contributed by atoms with Crippen molar-refractivity contribution in [2.45, 2.75) is 44.6 Å². The standard InChI is InChI=1S/C13H21N3O2/c14-9-12(10-3-1-2-4-10)15-13(17)6-5-11-7-8-18-16-11/h7-8,10,12H,1-6,9,14H2,(H,15,17). The Balaban J connectivity index is 1.74. The summed E-state index contributed by atoms with van der Waals surface area (Å²) in [4.78, 5) is 11.8. The highest BCUT2D eigenvalue weighted by Gasteiger charge is 2.25. The monoisotopic (exact) mass is 251 g/mol. The second-order valence-electron chi connectivity index (χ2n) is 4.95. The second-order valence-corrected chi connectivity index (χ2v) is 4.95. The van der Waals surface area contributed by atoms with Gasteiger partial charge in [0.1, 0.15) is 6.26 Å². The molecule has 1 unspecified atom stereocenters. The van der Waals surface area contributed by atoms with Gasteiger partial charge >= 0.3 is 0 Å². The van der Waals surface area contributed by atoms with Gasteiger partial charge in [-0.3, -0.25) is 4.79 Å². The lowest BCUT2D eigenvalue weighted by molar-refractivity contribution is -0.122. The lowest BCUT2D eigenvalue weighted by atomic mass is 9.98. The largest absolute Gasteiger partial charge is 0.365 e. The van der Waals surface area contributed by atoms with E-state index in [0.717, 1.165) is 5.69 Å². The topological polar surface area (TPSA) is 81.1 Å². The normalized spacial score (nSPS) is 17.8. The van der Waals surface area contributed by atoms with Crippen molar-refractivity contribution in [3.63, 3.8) is 0 Å². The molecule has 100 valence electrons. The van der Waals surface area contributed by atoms with Crippen LogP contribution in [0.25, 0.3) is 0 Å².